The molecular weight excluding hydrogens is 427 g/mol. The van der Waals surface area contributed by atoms with Crippen LogP contribution in [0.5, 0.6) is 11.5 Å². The Hall–Kier alpha value is -1.77. The van der Waals surface area contributed by atoms with Gasteiger partial charge in [-0.05, 0) is 59.2 Å². The Bertz CT molecular complexity index is 696. The van der Waals surface area contributed by atoms with E-state index in [1.54, 1.807) is 6.07 Å². The first-order valence-electron chi connectivity index (χ1n) is 7.69. The zero-order valence-electron chi connectivity index (χ0n) is 13.1. The number of hydrogen-bond acceptors (Lipinski definition) is 6. The molecule has 2 fully saturated rings. The molecule has 0 bridgehead atoms. The lowest BCUT2D eigenvalue weighted by Gasteiger charge is -2.38. The van der Waals surface area contributed by atoms with E-state index in [4.69, 9.17) is 14.2 Å². The third kappa shape index (κ3) is 3.22. The summed E-state index contributed by atoms with van der Waals surface area (Å²) < 4.78 is 16.5. The van der Waals surface area contributed by atoms with Crippen LogP contribution >= 0.6 is 22.6 Å². The van der Waals surface area contributed by atoms with E-state index in [1.807, 2.05) is 22.6 Å². The minimum absolute atomic E-state index is 0.00945. The monoisotopic (exact) mass is 444 g/mol. The maximum absolute atomic E-state index is 12.3. The molecule has 1 spiro atoms. The van der Waals surface area contributed by atoms with Gasteiger partial charge in [-0.25, -0.2) is 9.59 Å². The van der Waals surface area contributed by atoms with Crippen LogP contribution in [-0.4, -0.2) is 29.9 Å². The third-order valence-electron chi connectivity index (χ3n) is 4.19. The van der Waals surface area contributed by atoms with Gasteiger partial charge in [0, 0.05) is 12.8 Å². The molecule has 1 saturated carbocycles. The Morgan fingerprint density at radius 1 is 1.17 bits per heavy atom. The van der Waals surface area contributed by atoms with E-state index >= 15 is 0 Å². The largest absolute Gasteiger partial charge is 0.504 e. The number of phenols is 1. The van der Waals surface area contributed by atoms with E-state index in [9.17, 15) is 14.7 Å². The van der Waals surface area contributed by atoms with Crippen molar-refractivity contribution in [2.24, 2.45) is 0 Å². The van der Waals surface area contributed by atoms with Gasteiger partial charge in [-0.1, -0.05) is 6.42 Å². The van der Waals surface area contributed by atoms with Crippen molar-refractivity contribution < 1.29 is 28.9 Å². The molecule has 6 nitrogen and oxygen atoms in total. The minimum atomic E-state index is -1.09. The summed E-state index contributed by atoms with van der Waals surface area (Å²) in [7, 11) is 1.43. The van der Waals surface area contributed by atoms with Crippen molar-refractivity contribution in [3.05, 3.63) is 26.8 Å². The Morgan fingerprint density at radius 3 is 2.38 bits per heavy atom. The average Bonchev–Trinajstić information content (AvgIpc) is 2.54. The van der Waals surface area contributed by atoms with E-state index in [0.717, 1.165) is 19.3 Å². The summed E-state index contributed by atoms with van der Waals surface area (Å²) in [5, 5.41) is 9.86. The number of ether oxygens (including phenoxy) is 3. The Morgan fingerprint density at radius 2 is 1.79 bits per heavy atom. The van der Waals surface area contributed by atoms with Gasteiger partial charge in [0.15, 0.2) is 11.5 Å². The highest BCUT2D eigenvalue weighted by atomic mass is 127. The number of rotatable bonds is 2. The maximum atomic E-state index is 12.3. The molecule has 128 valence electrons. The summed E-state index contributed by atoms with van der Waals surface area (Å²) in [6.07, 6.45) is 5.26. The van der Waals surface area contributed by atoms with Gasteiger partial charge in [-0.2, -0.15) is 0 Å². The van der Waals surface area contributed by atoms with E-state index in [1.165, 1.54) is 19.3 Å². The van der Waals surface area contributed by atoms with Crippen molar-refractivity contribution >= 4 is 40.6 Å². The fraction of sp³-hybridized carbons (Fsp3) is 0.412. The minimum Gasteiger partial charge on any atom is -0.504 e. The molecule has 1 aromatic carbocycles. The fourth-order valence-electron chi connectivity index (χ4n) is 2.96. The van der Waals surface area contributed by atoms with Crippen molar-refractivity contribution in [3.8, 4) is 11.5 Å². The molecule has 1 N–H and O–H groups in total. The van der Waals surface area contributed by atoms with Crippen LogP contribution in [0.25, 0.3) is 6.08 Å². The fourth-order valence-corrected chi connectivity index (χ4v) is 3.59. The van der Waals surface area contributed by atoms with Crippen LogP contribution in [0, 0.1) is 3.57 Å². The molecule has 0 aromatic heterocycles. The first-order valence-corrected chi connectivity index (χ1v) is 8.77. The van der Waals surface area contributed by atoms with Gasteiger partial charge in [0.25, 0.3) is 5.79 Å². The summed E-state index contributed by atoms with van der Waals surface area (Å²) in [6.45, 7) is 0. The maximum Gasteiger partial charge on any atom is 0.348 e. The average molecular weight is 444 g/mol. The zero-order valence-corrected chi connectivity index (χ0v) is 15.3. The SMILES string of the molecule is COc1cc(C=C2C(=O)OC3(CCCCC3)OC2=O)cc(I)c1O. The van der Waals surface area contributed by atoms with Crippen molar-refractivity contribution in [2.75, 3.05) is 7.11 Å². The summed E-state index contributed by atoms with van der Waals surface area (Å²) in [5.74, 6) is -2.17. The van der Waals surface area contributed by atoms with Gasteiger partial charge in [0.1, 0.15) is 5.57 Å². The molecule has 24 heavy (non-hydrogen) atoms. The number of esters is 2. The molecule has 7 heteroatoms. The van der Waals surface area contributed by atoms with E-state index in [0.29, 0.717) is 22.0 Å². The van der Waals surface area contributed by atoms with Crippen LogP contribution in [0.1, 0.15) is 37.7 Å². The van der Waals surface area contributed by atoms with E-state index in [2.05, 4.69) is 0 Å². The van der Waals surface area contributed by atoms with Gasteiger partial charge in [0.05, 0.1) is 10.7 Å². The van der Waals surface area contributed by atoms with Crippen LogP contribution in [0.4, 0.5) is 0 Å². The van der Waals surface area contributed by atoms with Crippen LogP contribution < -0.4 is 4.74 Å². The number of aromatic hydroxyl groups is 1. The van der Waals surface area contributed by atoms with Gasteiger partial charge in [0.2, 0.25) is 0 Å². The molecule has 1 aromatic rings. The van der Waals surface area contributed by atoms with E-state index < -0.39 is 17.7 Å². The summed E-state index contributed by atoms with van der Waals surface area (Å²) >= 11 is 1.94. The molecular formula is C17H17IO6. The number of hydrogen-bond donors (Lipinski definition) is 1. The second kappa shape index (κ2) is 6.62. The lowest BCUT2D eigenvalue weighted by Crippen LogP contribution is -2.47. The standard InChI is InChI=1S/C17H17IO6/c1-22-13-9-10(8-12(18)14(13)19)7-11-15(20)23-17(24-16(11)21)5-3-2-4-6-17/h7-9,19H,2-6H2,1H3. The summed E-state index contributed by atoms with van der Waals surface area (Å²) in [6, 6.07) is 3.17. The zero-order chi connectivity index (χ0) is 17.3. The third-order valence-corrected chi connectivity index (χ3v) is 5.02. The van der Waals surface area contributed by atoms with Crippen LogP contribution in [0.2, 0.25) is 0 Å². The predicted octanol–water partition coefficient (Wildman–Crippen LogP) is 3.15. The molecule has 1 heterocycles. The van der Waals surface area contributed by atoms with Gasteiger partial charge in [-0.15, -0.1) is 0 Å². The topological polar surface area (TPSA) is 82.1 Å². The molecule has 2 aliphatic rings. The number of methoxy groups -OCH3 is 1. The number of halogens is 1. The molecule has 1 aliphatic carbocycles. The first-order chi connectivity index (χ1) is 11.4. The Kier molecular flexibility index (Phi) is 4.71. The highest BCUT2D eigenvalue weighted by Crippen LogP contribution is 2.38. The Balaban J connectivity index is 1.90. The van der Waals surface area contributed by atoms with Crippen LogP contribution in [-0.2, 0) is 19.1 Å². The highest BCUT2D eigenvalue weighted by Gasteiger charge is 2.46. The lowest BCUT2D eigenvalue weighted by atomic mass is 9.93. The second-order valence-corrected chi connectivity index (χ2v) is 7.02. The molecule has 1 saturated heterocycles. The van der Waals surface area contributed by atoms with Crippen molar-refractivity contribution in [1.82, 2.24) is 0 Å². The smallest absolute Gasteiger partial charge is 0.348 e. The normalized spacial score (nSPS) is 19.7. The van der Waals surface area contributed by atoms with Crippen LogP contribution in [0.15, 0.2) is 17.7 Å². The van der Waals surface area contributed by atoms with Crippen LogP contribution in [0.3, 0.4) is 0 Å². The quantitative estimate of drug-likeness (QED) is 0.327. The molecule has 3 rings (SSSR count). The van der Waals surface area contributed by atoms with Crippen molar-refractivity contribution in [3.63, 3.8) is 0 Å². The molecule has 0 atom stereocenters. The van der Waals surface area contributed by atoms with Crippen molar-refractivity contribution in [2.45, 2.75) is 37.9 Å². The number of carbonyl (C=O) groups excluding carboxylic acids is 2. The number of benzene rings is 1. The van der Waals surface area contributed by atoms with Gasteiger partial charge in [-0.3, -0.25) is 0 Å². The van der Waals surface area contributed by atoms with Gasteiger partial charge < -0.3 is 19.3 Å². The molecule has 0 radical (unpaired) electrons. The highest BCUT2D eigenvalue weighted by molar-refractivity contribution is 14.1. The molecule has 0 amide bonds. The predicted molar refractivity (Wildman–Crippen MR) is 93.4 cm³/mol. The first kappa shape index (κ1) is 17.1. The molecule has 1 aliphatic heterocycles. The summed E-state index contributed by atoms with van der Waals surface area (Å²) in [4.78, 5) is 24.6. The van der Waals surface area contributed by atoms with Gasteiger partial charge >= 0.3 is 11.9 Å². The second-order valence-electron chi connectivity index (χ2n) is 5.86. The Labute approximate surface area is 152 Å². The van der Waals surface area contributed by atoms with Crippen molar-refractivity contribution in [1.29, 1.82) is 0 Å². The summed E-state index contributed by atoms with van der Waals surface area (Å²) in [5.41, 5.74) is 0.382. The molecule has 0 unspecified atom stereocenters. The number of carbonyl (C=O) groups is 2. The lowest BCUT2D eigenvalue weighted by molar-refractivity contribution is -0.244. The van der Waals surface area contributed by atoms with E-state index in [-0.39, 0.29) is 17.1 Å². The number of phenolic OH excluding ortho intramolecular Hbond substituents is 1.